The van der Waals surface area contributed by atoms with Crippen LogP contribution in [0.1, 0.15) is 12.0 Å². The fourth-order valence-corrected chi connectivity index (χ4v) is 1.93. The molecule has 0 fully saturated rings. The summed E-state index contributed by atoms with van der Waals surface area (Å²) in [6, 6.07) is 4.06. The maximum absolute atomic E-state index is 4.40. The van der Waals surface area contributed by atoms with Crippen molar-refractivity contribution >= 4 is 16.9 Å². The molecule has 1 aliphatic heterocycles. The van der Waals surface area contributed by atoms with E-state index in [2.05, 4.69) is 39.8 Å². The summed E-state index contributed by atoms with van der Waals surface area (Å²) in [7, 11) is 0. The zero-order valence-corrected chi connectivity index (χ0v) is 8.51. The van der Waals surface area contributed by atoms with Crippen LogP contribution in [-0.2, 0) is 0 Å². The maximum atomic E-state index is 4.40. The molecule has 3 nitrogen and oxygen atoms in total. The molecule has 0 N–H and O–H groups in total. The molecule has 15 heavy (non-hydrogen) atoms. The average Bonchev–Trinajstić information content (AvgIpc) is 2.87. The van der Waals surface area contributed by atoms with Gasteiger partial charge in [0.15, 0.2) is 0 Å². The summed E-state index contributed by atoms with van der Waals surface area (Å²) in [5.41, 5.74) is 2.24. The van der Waals surface area contributed by atoms with Crippen LogP contribution in [0.2, 0.25) is 0 Å². The smallest absolute Gasteiger partial charge is 0.145 e. The van der Waals surface area contributed by atoms with Gasteiger partial charge < -0.3 is 0 Å². The Morgan fingerprint density at radius 3 is 3.13 bits per heavy atom. The zero-order valence-electron chi connectivity index (χ0n) is 8.51. The topological polar surface area (TPSA) is 30.2 Å². The molecule has 3 heteroatoms. The second-order valence-corrected chi connectivity index (χ2v) is 3.69. The Morgan fingerprint density at radius 1 is 1.40 bits per heavy atom. The third-order valence-corrected chi connectivity index (χ3v) is 2.67. The molecule has 0 amide bonds. The van der Waals surface area contributed by atoms with Gasteiger partial charge in [0.25, 0.3) is 0 Å². The highest BCUT2D eigenvalue weighted by molar-refractivity contribution is 5.96. The molecule has 0 unspecified atom stereocenters. The summed E-state index contributed by atoms with van der Waals surface area (Å²) in [5, 5.41) is 1.20. The molecule has 2 aromatic rings. The monoisotopic (exact) mass is 197 g/mol. The van der Waals surface area contributed by atoms with Crippen LogP contribution in [-0.4, -0.2) is 15.4 Å². The first-order chi connectivity index (χ1) is 7.36. The van der Waals surface area contributed by atoms with E-state index in [1.54, 1.807) is 0 Å². The molecule has 2 aromatic heterocycles. The SMILES string of the molecule is Cc1cn(C2=NC=CC2)c2ncccc12. The second kappa shape index (κ2) is 3.05. The molecule has 0 saturated heterocycles. The lowest BCUT2D eigenvalue weighted by molar-refractivity contribution is 1.12. The van der Waals surface area contributed by atoms with E-state index in [9.17, 15) is 0 Å². The Balaban J connectivity index is 2.27. The number of rotatable bonds is 0. The number of aliphatic imine (C=N–C) groups is 1. The third-order valence-electron chi connectivity index (χ3n) is 2.67. The molecule has 0 radical (unpaired) electrons. The van der Waals surface area contributed by atoms with Gasteiger partial charge in [-0.1, -0.05) is 6.08 Å². The van der Waals surface area contributed by atoms with Crippen molar-refractivity contribution in [3.8, 4) is 0 Å². The molecule has 0 atom stereocenters. The molecular formula is C12H11N3. The predicted molar refractivity (Wildman–Crippen MR) is 61.1 cm³/mol. The van der Waals surface area contributed by atoms with Gasteiger partial charge in [-0.25, -0.2) is 9.98 Å². The lowest BCUT2D eigenvalue weighted by atomic mass is 10.2. The van der Waals surface area contributed by atoms with Crippen LogP contribution in [0, 0.1) is 6.92 Å². The number of nitrogens with zero attached hydrogens (tertiary/aromatic N) is 3. The van der Waals surface area contributed by atoms with Crippen LogP contribution in [0.5, 0.6) is 0 Å². The third kappa shape index (κ3) is 1.20. The predicted octanol–water partition coefficient (Wildman–Crippen LogP) is 2.51. The van der Waals surface area contributed by atoms with E-state index < -0.39 is 0 Å². The van der Waals surface area contributed by atoms with Gasteiger partial charge in [0.05, 0.1) is 0 Å². The Labute approximate surface area is 87.8 Å². The summed E-state index contributed by atoms with van der Waals surface area (Å²) >= 11 is 0. The van der Waals surface area contributed by atoms with E-state index in [1.165, 1.54) is 10.9 Å². The summed E-state index contributed by atoms with van der Waals surface area (Å²) in [5.74, 6) is 1.05. The van der Waals surface area contributed by atoms with Crippen molar-refractivity contribution in [1.29, 1.82) is 0 Å². The number of hydrogen-bond donors (Lipinski definition) is 0. The summed E-state index contributed by atoms with van der Waals surface area (Å²) in [6.45, 7) is 2.10. The highest BCUT2D eigenvalue weighted by atomic mass is 15.1. The number of pyridine rings is 1. The number of hydrogen-bond acceptors (Lipinski definition) is 2. The summed E-state index contributed by atoms with van der Waals surface area (Å²) in [6.07, 6.45) is 8.71. The molecule has 1 aliphatic rings. The summed E-state index contributed by atoms with van der Waals surface area (Å²) < 4.78 is 2.07. The van der Waals surface area contributed by atoms with Crippen molar-refractivity contribution in [2.75, 3.05) is 0 Å². The van der Waals surface area contributed by atoms with E-state index in [0.717, 1.165) is 17.9 Å². The van der Waals surface area contributed by atoms with Gasteiger partial charge in [0, 0.05) is 30.4 Å². The number of fused-ring (bicyclic) bond motifs is 1. The van der Waals surface area contributed by atoms with Crippen molar-refractivity contribution in [3.63, 3.8) is 0 Å². The van der Waals surface area contributed by atoms with Gasteiger partial charge in [0.1, 0.15) is 11.5 Å². The van der Waals surface area contributed by atoms with Crippen molar-refractivity contribution in [1.82, 2.24) is 9.55 Å². The van der Waals surface area contributed by atoms with Crippen LogP contribution in [0.25, 0.3) is 11.0 Å². The summed E-state index contributed by atoms with van der Waals surface area (Å²) in [4.78, 5) is 8.73. The molecule has 0 aromatic carbocycles. The number of allylic oxidation sites excluding steroid dienone is 1. The van der Waals surface area contributed by atoms with Crippen LogP contribution in [0.3, 0.4) is 0 Å². The Hall–Kier alpha value is -1.90. The van der Waals surface area contributed by atoms with E-state index in [4.69, 9.17) is 0 Å². The van der Waals surface area contributed by atoms with E-state index in [-0.39, 0.29) is 0 Å². The maximum Gasteiger partial charge on any atom is 0.145 e. The van der Waals surface area contributed by atoms with E-state index >= 15 is 0 Å². The molecular weight excluding hydrogens is 186 g/mol. The van der Waals surface area contributed by atoms with Crippen LogP contribution < -0.4 is 0 Å². The average molecular weight is 197 g/mol. The zero-order chi connectivity index (χ0) is 10.3. The van der Waals surface area contributed by atoms with Crippen LogP contribution in [0.15, 0.2) is 41.8 Å². The standard InChI is InChI=1S/C12H11N3/c1-9-8-15(11-5-3-6-13-11)12-10(9)4-2-7-14-12/h2-4,6-8H,5H2,1H3. The second-order valence-electron chi connectivity index (χ2n) is 3.69. The van der Waals surface area contributed by atoms with Gasteiger partial charge in [-0.15, -0.1) is 0 Å². The highest BCUT2D eigenvalue weighted by Gasteiger charge is 2.11. The van der Waals surface area contributed by atoms with Crippen LogP contribution in [0.4, 0.5) is 0 Å². The van der Waals surface area contributed by atoms with Gasteiger partial charge in [0.2, 0.25) is 0 Å². The molecule has 0 saturated carbocycles. The fourth-order valence-electron chi connectivity index (χ4n) is 1.93. The minimum atomic E-state index is 0.889. The minimum Gasteiger partial charge on any atom is -0.288 e. The quantitative estimate of drug-likeness (QED) is 0.638. The van der Waals surface area contributed by atoms with Gasteiger partial charge >= 0.3 is 0 Å². The first-order valence-corrected chi connectivity index (χ1v) is 5.01. The van der Waals surface area contributed by atoms with Crippen LogP contribution >= 0.6 is 0 Å². The fraction of sp³-hybridized carbons (Fsp3) is 0.167. The Morgan fingerprint density at radius 2 is 2.33 bits per heavy atom. The molecule has 3 heterocycles. The van der Waals surface area contributed by atoms with Gasteiger partial charge in [-0.05, 0) is 24.6 Å². The van der Waals surface area contributed by atoms with Crippen molar-refractivity contribution in [2.45, 2.75) is 13.3 Å². The molecule has 74 valence electrons. The lowest BCUT2D eigenvalue weighted by Crippen LogP contribution is -2.07. The van der Waals surface area contributed by atoms with Gasteiger partial charge in [-0.2, -0.15) is 0 Å². The molecule has 3 rings (SSSR count). The number of aromatic nitrogens is 2. The number of aryl methyl sites for hydroxylation is 1. The Bertz CT molecular complexity index is 576. The highest BCUT2D eigenvalue weighted by Crippen LogP contribution is 2.19. The molecule has 0 bridgehead atoms. The first kappa shape index (κ1) is 8.41. The van der Waals surface area contributed by atoms with Crippen molar-refractivity contribution in [3.05, 3.63) is 42.4 Å². The molecule has 0 aliphatic carbocycles. The van der Waals surface area contributed by atoms with E-state index in [1.807, 2.05) is 18.5 Å². The first-order valence-electron chi connectivity index (χ1n) is 5.01. The molecule has 0 spiro atoms. The minimum absolute atomic E-state index is 0.889. The van der Waals surface area contributed by atoms with Crippen molar-refractivity contribution in [2.24, 2.45) is 4.99 Å². The Kier molecular flexibility index (Phi) is 1.71. The van der Waals surface area contributed by atoms with Gasteiger partial charge in [-0.3, -0.25) is 4.57 Å². The largest absolute Gasteiger partial charge is 0.288 e. The normalized spacial score (nSPS) is 14.9. The van der Waals surface area contributed by atoms with E-state index in [0.29, 0.717) is 0 Å². The van der Waals surface area contributed by atoms with Crippen molar-refractivity contribution < 1.29 is 0 Å². The lowest BCUT2D eigenvalue weighted by Gasteiger charge is -2.02.